The number of hydrogen-bond donors (Lipinski definition) is 1. The van der Waals surface area contributed by atoms with Gasteiger partial charge in [-0.2, -0.15) is 5.10 Å². The molecule has 0 saturated heterocycles. The summed E-state index contributed by atoms with van der Waals surface area (Å²) in [6.45, 7) is 2.13. The molecule has 5 nitrogen and oxygen atoms in total. The Morgan fingerprint density at radius 1 is 1.55 bits per heavy atom. The Hall–Kier alpha value is -1.10. The van der Waals surface area contributed by atoms with E-state index in [2.05, 4.69) is 15.3 Å². The van der Waals surface area contributed by atoms with Gasteiger partial charge in [0.05, 0.1) is 19.4 Å². The predicted molar refractivity (Wildman–Crippen MR) is 40.5 cm³/mol. The first-order valence-corrected chi connectivity index (χ1v) is 3.06. The molecular weight excluding hydrogens is 148 g/mol. The van der Waals surface area contributed by atoms with Crippen LogP contribution < -0.4 is 5.43 Å². The topological polar surface area (TPSA) is 59.9 Å². The molecule has 0 saturated carbocycles. The summed E-state index contributed by atoms with van der Waals surface area (Å²) in [4.78, 5) is 10.4. The van der Waals surface area contributed by atoms with Gasteiger partial charge in [-0.3, -0.25) is 0 Å². The average molecular weight is 160 g/mol. The standard InChI is InChI=1S/C6H12N2O3/c1-5(4-10-2)7-8-6(9)11-3/h4H2,1-3H3,(H,8,9)/b7-5-. The largest absolute Gasteiger partial charge is 0.452 e. The first kappa shape index (κ1) is 9.90. The van der Waals surface area contributed by atoms with E-state index < -0.39 is 6.09 Å². The molecule has 0 aromatic rings. The highest BCUT2D eigenvalue weighted by Crippen LogP contribution is 1.77. The summed E-state index contributed by atoms with van der Waals surface area (Å²) >= 11 is 0. The maximum Gasteiger partial charge on any atom is 0.427 e. The van der Waals surface area contributed by atoms with E-state index in [0.29, 0.717) is 12.3 Å². The van der Waals surface area contributed by atoms with Crippen LogP contribution in [0.3, 0.4) is 0 Å². The third kappa shape index (κ3) is 5.35. The van der Waals surface area contributed by atoms with Crippen molar-refractivity contribution in [3.8, 4) is 0 Å². The number of carbonyl (C=O) groups is 1. The molecule has 0 aromatic heterocycles. The van der Waals surface area contributed by atoms with E-state index in [0.717, 1.165) is 0 Å². The van der Waals surface area contributed by atoms with Gasteiger partial charge in [0.15, 0.2) is 0 Å². The molecule has 0 unspecified atom stereocenters. The zero-order valence-electron chi connectivity index (χ0n) is 6.88. The summed E-state index contributed by atoms with van der Waals surface area (Å²) in [6, 6.07) is 0. The van der Waals surface area contributed by atoms with Crippen molar-refractivity contribution in [3.63, 3.8) is 0 Å². The van der Waals surface area contributed by atoms with Gasteiger partial charge in [0.2, 0.25) is 0 Å². The fourth-order valence-electron chi connectivity index (χ4n) is 0.428. The van der Waals surface area contributed by atoms with Gasteiger partial charge in [0, 0.05) is 7.11 Å². The van der Waals surface area contributed by atoms with E-state index in [1.54, 1.807) is 14.0 Å². The Balaban J connectivity index is 3.63. The summed E-state index contributed by atoms with van der Waals surface area (Å²) in [7, 11) is 2.83. The van der Waals surface area contributed by atoms with E-state index in [4.69, 9.17) is 4.74 Å². The van der Waals surface area contributed by atoms with Crippen LogP contribution in [-0.4, -0.2) is 32.6 Å². The van der Waals surface area contributed by atoms with Crippen molar-refractivity contribution in [2.75, 3.05) is 20.8 Å². The summed E-state index contributed by atoms with van der Waals surface area (Å²) < 4.78 is 9.03. The second kappa shape index (κ2) is 5.67. The second-order valence-electron chi connectivity index (χ2n) is 1.88. The molecule has 0 aromatic carbocycles. The third-order valence-corrected chi connectivity index (χ3v) is 0.877. The second-order valence-corrected chi connectivity index (χ2v) is 1.88. The monoisotopic (exact) mass is 160 g/mol. The van der Waals surface area contributed by atoms with E-state index in [9.17, 15) is 4.79 Å². The fraction of sp³-hybridized carbons (Fsp3) is 0.667. The number of carbonyl (C=O) groups excluding carboxylic acids is 1. The van der Waals surface area contributed by atoms with Crippen molar-refractivity contribution in [2.45, 2.75) is 6.92 Å². The van der Waals surface area contributed by atoms with Crippen molar-refractivity contribution in [2.24, 2.45) is 5.10 Å². The van der Waals surface area contributed by atoms with Crippen LogP contribution in [0.2, 0.25) is 0 Å². The number of nitrogens with one attached hydrogen (secondary N) is 1. The van der Waals surface area contributed by atoms with Gasteiger partial charge in [0.25, 0.3) is 0 Å². The van der Waals surface area contributed by atoms with Crippen LogP contribution in [-0.2, 0) is 9.47 Å². The van der Waals surface area contributed by atoms with Gasteiger partial charge in [0.1, 0.15) is 0 Å². The minimum absolute atomic E-state index is 0.393. The summed E-state index contributed by atoms with van der Waals surface area (Å²) in [5.41, 5.74) is 2.84. The van der Waals surface area contributed by atoms with Crippen molar-refractivity contribution in [1.82, 2.24) is 5.43 Å². The van der Waals surface area contributed by atoms with Crippen molar-refractivity contribution in [1.29, 1.82) is 0 Å². The quantitative estimate of drug-likeness (QED) is 0.479. The third-order valence-electron chi connectivity index (χ3n) is 0.877. The molecule has 0 fully saturated rings. The minimum Gasteiger partial charge on any atom is -0.452 e. The molecule has 0 aliphatic carbocycles. The fourth-order valence-corrected chi connectivity index (χ4v) is 0.428. The van der Waals surface area contributed by atoms with Gasteiger partial charge >= 0.3 is 6.09 Å². The molecule has 0 bridgehead atoms. The first-order chi connectivity index (χ1) is 5.20. The molecule has 0 atom stereocenters. The van der Waals surface area contributed by atoms with E-state index in [-0.39, 0.29) is 0 Å². The lowest BCUT2D eigenvalue weighted by Crippen LogP contribution is -2.19. The van der Waals surface area contributed by atoms with Crippen molar-refractivity contribution in [3.05, 3.63) is 0 Å². The molecular formula is C6H12N2O3. The first-order valence-electron chi connectivity index (χ1n) is 3.06. The van der Waals surface area contributed by atoms with Crippen LogP contribution in [0, 0.1) is 0 Å². The maximum atomic E-state index is 10.4. The number of rotatable bonds is 3. The predicted octanol–water partition coefficient (Wildman–Crippen LogP) is 0.365. The maximum absolute atomic E-state index is 10.4. The molecule has 11 heavy (non-hydrogen) atoms. The Morgan fingerprint density at radius 3 is 2.64 bits per heavy atom. The summed E-state index contributed by atoms with van der Waals surface area (Å²) in [5.74, 6) is 0. The highest BCUT2D eigenvalue weighted by Gasteiger charge is 1.94. The van der Waals surface area contributed by atoms with Crippen LogP contribution in [0.25, 0.3) is 0 Å². The number of hydrazone groups is 1. The summed E-state index contributed by atoms with van der Waals surface area (Å²) in [5, 5.41) is 3.65. The van der Waals surface area contributed by atoms with E-state index >= 15 is 0 Å². The van der Waals surface area contributed by atoms with Crippen LogP contribution in [0.1, 0.15) is 6.92 Å². The lowest BCUT2D eigenvalue weighted by molar-refractivity contribution is 0.171. The Bertz CT molecular complexity index is 156. The van der Waals surface area contributed by atoms with Gasteiger partial charge in [-0.1, -0.05) is 0 Å². The number of ether oxygens (including phenoxy) is 2. The normalized spacial score (nSPS) is 11.0. The number of amides is 1. The SMILES string of the molecule is COC/C(C)=N\NC(=O)OC. The average Bonchev–Trinajstić information content (AvgIpc) is 2.01. The van der Waals surface area contributed by atoms with Gasteiger partial charge in [-0.25, -0.2) is 10.2 Å². The highest BCUT2D eigenvalue weighted by molar-refractivity contribution is 5.84. The molecule has 0 heterocycles. The molecule has 0 aliphatic heterocycles. The number of hydrogen-bond acceptors (Lipinski definition) is 4. The minimum atomic E-state index is -0.583. The lowest BCUT2D eigenvalue weighted by atomic mass is 10.5. The highest BCUT2D eigenvalue weighted by atomic mass is 16.5. The van der Waals surface area contributed by atoms with Crippen LogP contribution in [0.15, 0.2) is 5.10 Å². The number of methoxy groups -OCH3 is 2. The Labute approximate surface area is 65.4 Å². The molecule has 1 amide bonds. The Morgan fingerprint density at radius 2 is 2.18 bits per heavy atom. The number of nitrogens with zero attached hydrogens (tertiary/aromatic N) is 1. The molecule has 0 aliphatic rings. The van der Waals surface area contributed by atoms with E-state index in [1.807, 2.05) is 0 Å². The van der Waals surface area contributed by atoms with Crippen molar-refractivity contribution < 1.29 is 14.3 Å². The van der Waals surface area contributed by atoms with Crippen molar-refractivity contribution >= 4 is 11.8 Å². The van der Waals surface area contributed by atoms with Crippen LogP contribution in [0.4, 0.5) is 4.79 Å². The Kier molecular flexibility index (Phi) is 5.10. The smallest absolute Gasteiger partial charge is 0.427 e. The van der Waals surface area contributed by atoms with Gasteiger partial charge in [-0.05, 0) is 6.92 Å². The van der Waals surface area contributed by atoms with Gasteiger partial charge in [-0.15, -0.1) is 0 Å². The zero-order chi connectivity index (χ0) is 8.69. The van der Waals surface area contributed by atoms with Gasteiger partial charge < -0.3 is 9.47 Å². The molecule has 0 radical (unpaired) electrons. The zero-order valence-corrected chi connectivity index (χ0v) is 6.88. The lowest BCUT2D eigenvalue weighted by Gasteiger charge is -1.99. The molecule has 0 spiro atoms. The molecule has 1 N–H and O–H groups in total. The molecule has 0 rings (SSSR count). The summed E-state index contributed by atoms with van der Waals surface area (Å²) in [6.07, 6.45) is -0.583. The van der Waals surface area contributed by atoms with E-state index in [1.165, 1.54) is 7.11 Å². The molecule has 64 valence electrons. The van der Waals surface area contributed by atoms with Crippen LogP contribution in [0.5, 0.6) is 0 Å². The van der Waals surface area contributed by atoms with Crippen LogP contribution >= 0.6 is 0 Å². The molecule has 5 heteroatoms.